The molecule has 0 aliphatic heterocycles. The smallest absolute Gasteiger partial charge is 0.257 e. The molecule has 0 bridgehead atoms. The molecule has 0 fully saturated rings. The van der Waals surface area contributed by atoms with Crippen LogP contribution in [0.25, 0.3) is 11.3 Å². The number of benzene rings is 3. The van der Waals surface area contributed by atoms with Gasteiger partial charge in [0.25, 0.3) is 5.91 Å². The van der Waals surface area contributed by atoms with Crippen molar-refractivity contribution in [2.45, 2.75) is 13.1 Å². The number of furan rings is 1. The summed E-state index contributed by atoms with van der Waals surface area (Å²) in [5, 5.41) is 4.68. The lowest BCUT2D eigenvalue weighted by Crippen LogP contribution is -2.31. The van der Waals surface area contributed by atoms with E-state index >= 15 is 0 Å². The largest absolute Gasteiger partial charge is 0.467 e. The van der Waals surface area contributed by atoms with Crippen LogP contribution in [-0.4, -0.2) is 20.6 Å². The third kappa shape index (κ3) is 5.28. The van der Waals surface area contributed by atoms with Gasteiger partial charge in [-0.05, 0) is 48.5 Å². The van der Waals surface area contributed by atoms with Crippen LogP contribution in [0.3, 0.4) is 0 Å². The van der Waals surface area contributed by atoms with Crippen molar-refractivity contribution in [1.29, 1.82) is 0 Å². The Morgan fingerprint density at radius 3 is 2.35 bits per heavy atom. The van der Waals surface area contributed by atoms with E-state index in [0.717, 1.165) is 5.56 Å². The first-order chi connectivity index (χ1) is 18.0. The van der Waals surface area contributed by atoms with Crippen molar-refractivity contribution in [3.8, 4) is 22.9 Å². The molecule has 5 rings (SSSR count). The second-order valence-corrected chi connectivity index (χ2v) is 8.40. The molecular formula is C29H23F2N3O3. The molecule has 6 nitrogen and oxygen atoms in total. The van der Waals surface area contributed by atoms with Gasteiger partial charge in [0, 0.05) is 12.6 Å². The Balaban J connectivity index is 1.59. The highest BCUT2D eigenvalue weighted by atomic mass is 19.1. The van der Waals surface area contributed by atoms with Crippen molar-refractivity contribution in [1.82, 2.24) is 14.7 Å². The molecule has 0 radical (unpaired) electrons. The maximum Gasteiger partial charge on any atom is 0.257 e. The number of aryl methyl sites for hydroxylation is 1. The molecule has 1 amide bonds. The zero-order valence-corrected chi connectivity index (χ0v) is 20.0. The molecule has 0 N–H and O–H groups in total. The fourth-order valence-corrected chi connectivity index (χ4v) is 4.05. The van der Waals surface area contributed by atoms with Crippen molar-refractivity contribution < 1.29 is 22.7 Å². The number of carbonyl (C=O) groups excluding carboxylic acids is 1. The van der Waals surface area contributed by atoms with Gasteiger partial charge < -0.3 is 14.1 Å². The summed E-state index contributed by atoms with van der Waals surface area (Å²) in [6.07, 6.45) is 1.52. The van der Waals surface area contributed by atoms with Gasteiger partial charge in [0.2, 0.25) is 5.88 Å². The van der Waals surface area contributed by atoms with Gasteiger partial charge in [0.15, 0.2) is 0 Å². The van der Waals surface area contributed by atoms with Crippen LogP contribution in [0.5, 0.6) is 11.6 Å². The van der Waals surface area contributed by atoms with Crippen LogP contribution >= 0.6 is 0 Å². The summed E-state index contributed by atoms with van der Waals surface area (Å²) in [6, 6.07) is 24.4. The first-order valence-electron chi connectivity index (χ1n) is 11.6. The fourth-order valence-electron chi connectivity index (χ4n) is 4.05. The summed E-state index contributed by atoms with van der Waals surface area (Å²) in [7, 11) is 1.73. The average molecular weight is 500 g/mol. The van der Waals surface area contributed by atoms with Gasteiger partial charge in [-0.3, -0.25) is 4.79 Å². The monoisotopic (exact) mass is 499 g/mol. The molecule has 3 aromatic carbocycles. The van der Waals surface area contributed by atoms with Crippen molar-refractivity contribution in [2.75, 3.05) is 0 Å². The highest BCUT2D eigenvalue weighted by Crippen LogP contribution is 2.35. The molecule has 0 saturated carbocycles. The standard InChI is InChI=1S/C29H23F2N3O3/c1-33-29(37-22-15-13-21(30)14-16-22)25(27(32-33)20-8-3-2-4-9-20)19-34(18-23-10-7-17-36-23)28(35)24-11-5-6-12-26(24)31/h2-17H,18-19H2,1H3. The molecular weight excluding hydrogens is 476 g/mol. The van der Waals surface area contributed by atoms with Gasteiger partial charge in [-0.1, -0.05) is 42.5 Å². The van der Waals surface area contributed by atoms with Crippen LogP contribution < -0.4 is 4.74 Å². The van der Waals surface area contributed by atoms with Crippen LogP contribution in [0.4, 0.5) is 8.78 Å². The SMILES string of the molecule is Cn1nc(-c2ccccc2)c(CN(Cc2ccco2)C(=O)c2ccccc2F)c1Oc1ccc(F)cc1. The molecule has 8 heteroatoms. The Morgan fingerprint density at radius 1 is 0.919 bits per heavy atom. The number of carbonyl (C=O) groups is 1. The second kappa shape index (κ2) is 10.5. The summed E-state index contributed by atoms with van der Waals surface area (Å²) in [6.45, 7) is 0.141. The van der Waals surface area contributed by atoms with Gasteiger partial charge in [-0.2, -0.15) is 5.10 Å². The molecule has 0 aliphatic carbocycles. The summed E-state index contributed by atoms with van der Waals surface area (Å²) < 4.78 is 41.3. The Bertz CT molecular complexity index is 1500. The number of aromatic nitrogens is 2. The third-order valence-corrected chi connectivity index (χ3v) is 5.83. The first kappa shape index (κ1) is 24.0. The van der Waals surface area contributed by atoms with Crippen LogP contribution in [-0.2, 0) is 20.1 Å². The normalized spacial score (nSPS) is 10.9. The zero-order valence-electron chi connectivity index (χ0n) is 20.0. The van der Waals surface area contributed by atoms with E-state index in [1.807, 2.05) is 30.3 Å². The van der Waals surface area contributed by atoms with Crippen molar-refractivity contribution in [3.05, 3.63) is 126 Å². The van der Waals surface area contributed by atoms with E-state index in [9.17, 15) is 13.6 Å². The van der Waals surface area contributed by atoms with E-state index in [0.29, 0.717) is 28.6 Å². The number of ether oxygens (including phenoxy) is 1. The molecule has 186 valence electrons. The van der Waals surface area contributed by atoms with E-state index in [-0.39, 0.29) is 24.5 Å². The number of hydrogen-bond donors (Lipinski definition) is 0. The first-order valence-corrected chi connectivity index (χ1v) is 11.6. The number of hydrogen-bond acceptors (Lipinski definition) is 4. The summed E-state index contributed by atoms with van der Waals surface area (Å²) in [4.78, 5) is 15.1. The maximum atomic E-state index is 14.6. The van der Waals surface area contributed by atoms with Gasteiger partial charge >= 0.3 is 0 Å². The van der Waals surface area contributed by atoms with Crippen LogP contribution in [0.2, 0.25) is 0 Å². The predicted octanol–water partition coefficient (Wildman–Crippen LogP) is 6.59. The molecule has 2 aromatic heterocycles. The lowest BCUT2D eigenvalue weighted by atomic mass is 10.1. The number of amides is 1. The fraction of sp³-hybridized carbons (Fsp3) is 0.103. The molecule has 0 unspecified atom stereocenters. The highest BCUT2D eigenvalue weighted by Gasteiger charge is 2.27. The van der Waals surface area contributed by atoms with Crippen LogP contribution in [0, 0.1) is 11.6 Å². The van der Waals surface area contributed by atoms with Crippen molar-refractivity contribution in [3.63, 3.8) is 0 Å². The lowest BCUT2D eigenvalue weighted by molar-refractivity contribution is 0.0712. The van der Waals surface area contributed by atoms with Crippen LogP contribution in [0.1, 0.15) is 21.7 Å². The second-order valence-electron chi connectivity index (χ2n) is 8.40. The quantitative estimate of drug-likeness (QED) is 0.242. The molecule has 37 heavy (non-hydrogen) atoms. The Kier molecular flexibility index (Phi) is 6.81. The van der Waals surface area contributed by atoms with Gasteiger partial charge in [0.05, 0.1) is 30.5 Å². The molecule has 0 aliphatic rings. The Labute approximate surface area is 212 Å². The number of nitrogens with zero attached hydrogens (tertiary/aromatic N) is 3. The van der Waals surface area contributed by atoms with Gasteiger partial charge in [-0.25, -0.2) is 13.5 Å². The minimum Gasteiger partial charge on any atom is -0.467 e. The highest BCUT2D eigenvalue weighted by molar-refractivity contribution is 5.94. The maximum absolute atomic E-state index is 14.6. The van der Waals surface area contributed by atoms with Gasteiger partial charge in [0.1, 0.15) is 28.8 Å². The molecule has 0 atom stereocenters. The number of rotatable bonds is 8. The number of halogens is 2. The Morgan fingerprint density at radius 2 is 1.65 bits per heavy atom. The summed E-state index contributed by atoms with van der Waals surface area (Å²) >= 11 is 0. The molecule has 0 saturated heterocycles. The zero-order chi connectivity index (χ0) is 25.8. The van der Waals surface area contributed by atoms with E-state index < -0.39 is 11.7 Å². The predicted molar refractivity (Wildman–Crippen MR) is 134 cm³/mol. The Hall–Kier alpha value is -4.72. The van der Waals surface area contributed by atoms with Crippen molar-refractivity contribution >= 4 is 5.91 Å². The van der Waals surface area contributed by atoms with Gasteiger partial charge in [-0.15, -0.1) is 0 Å². The summed E-state index contributed by atoms with van der Waals surface area (Å²) in [5.41, 5.74) is 1.97. The van der Waals surface area contributed by atoms with E-state index in [2.05, 4.69) is 5.10 Å². The van der Waals surface area contributed by atoms with E-state index in [1.54, 1.807) is 29.9 Å². The summed E-state index contributed by atoms with van der Waals surface area (Å²) in [5.74, 6) is -0.197. The van der Waals surface area contributed by atoms with E-state index in [4.69, 9.17) is 9.15 Å². The average Bonchev–Trinajstić information content (AvgIpc) is 3.53. The topological polar surface area (TPSA) is 60.5 Å². The van der Waals surface area contributed by atoms with Crippen molar-refractivity contribution in [2.24, 2.45) is 7.05 Å². The minimum absolute atomic E-state index is 0.0441. The van der Waals surface area contributed by atoms with Crippen LogP contribution in [0.15, 0.2) is 102 Å². The molecule has 0 spiro atoms. The minimum atomic E-state index is -0.616. The lowest BCUT2D eigenvalue weighted by Gasteiger charge is -2.23. The van der Waals surface area contributed by atoms with E-state index in [1.165, 1.54) is 53.6 Å². The third-order valence-electron chi connectivity index (χ3n) is 5.83. The molecule has 5 aromatic rings. The molecule has 2 heterocycles.